The molecule has 2 aromatic rings. The first-order chi connectivity index (χ1) is 14.3. The number of aromatic nitrogens is 2. The van der Waals surface area contributed by atoms with E-state index in [1.807, 2.05) is 0 Å². The minimum atomic E-state index is -0.680. The average Bonchev–Trinajstić information content (AvgIpc) is 2.71. The molecule has 9 nitrogen and oxygen atoms in total. The van der Waals surface area contributed by atoms with Gasteiger partial charge in [-0.1, -0.05) is 11.6 Å². The molecular weight excluding hydrogens is 412 g/mol. The van der Waals surface area contributed by atoms with E-state index in [2.05, 4.69) is 15.0 Å². The summed E-state index contributed by atoms with van der Waals surface area (Å²) < 4.78 is 5.93. The van der Waals surface area contributed by atoms with E-state index in [0.717, 1.165) is 0 Å². The fourth-order valence-corrected chi connectivity index (χ4v) is 3.48. The molecule has 0 atom stereocenters. The number of rotatable bonds is 4. The predicted molar refractivity (Wildman–Crippen MR) is 112 cm³/mol. The summed E-state index contributed by atoms with van der Waals surface area (Å²) in [5.74, 6) is 0.169. The number of carbonyl (C=O) groups excluding carboxylic acids is 2. The van der Waals surface area contributed by atoms with Crippen LogP contribution in [0.5, 0.6) is 0 Å². The second-order valence-corrected chi connectivity index (χ2v) is 7.47. The third-order valence-electron chi connectivity index (χ3n) is 4.99. The zero-order valence-electron chi connectivity index (χ0n) is 16.7. The van der Waals surface area contributed by atoms with Crippen molar-refractivity contribution in [1.29, 1.82) is 0 Å². The number of methoxy groups -OCH3 is 1. The molecule has 1 aromatic heterocycles. The number of amides is 2. The van der Waals surface area contributed by atoms with Gasteiger partial charge in [0.1, 0.15) is 12.4 Å². The average molecular weight is 435 g/mol. The summed E-state index contributed by atoms with van der Waals surface area (Å²) in [7, 11) is 1.24. The van der Waals surface area contributed by atoms with Crippen LogP contribution in [-0.4, -0.2) is 57.9 Å². The summed E-state index contributed by atoms with van der Waals surface area (Å²) in [6.07, 6.45) is -0.000344. The number of anilines is 1. The Morgan fingerprint density at radius 3 is 2.63 bits per heavy atom. The summed E-state index contributed by atoms with van der Waals surface area (Å²) in [5, 5.41) is 12.5. The van der Waals surface area contributed by atoms with Gasteiger partial charge in [-0.05, 0) is 38.0 Å². The van der Waals surface area contributed by atoms with Crippen molar-refractivity contribution in [3.8, 4) is 11.3 Å². The number of piperidine rings is 1. The van der Waals surface area contributed by atoms with Crippen LogP contribution in [0.3, 0.4) is 0 Å². The SMILES string of the molecule is COC(=O)Nc1cc(Cl)ccc1-c1cc(=O)n(CC(=O)N2CCC(O)CC2)c(C)n1. The van der Waals surface area contributed by atoms with Crippen LogP contribution in [0.4, 0.5) is 10.5 Å². The van der Waals surface area contributed by atoms with Crippen molar-refractivity contribution < 1.29 is 19.4 Å². The number of aliphatic hydroxyl groups is 1. The Morgan fingerprint density at radius 2 is 2.00 bits per heavy atom. The highest BCUT2D eigenvalue weighted by Crippen LogP contribution is 2.29. The lowest BCUT2D eigenvalue weighted by Crippen LogP contribution is -2.43. The third kappa shape index (κ3) is 4.98. The number of nitrogens with zero attached hydrogens (tertiary/aromatic N) is 3. The summed E-state index contributed by atoms with van der Waals surface area (Å²) in [4.78, 5) is 43.0. The van der Waals surface area contributed by atoms with Crippen LogP contribution in [0.2, 0.25) is 5.02 Å². The zero-order valence-corrected chi connectivity index (χ0v) is 17.5. The third-order valence-corrected chi connectivity index (χ3v) is 5.22. The Kier molecular flexibility index (Phi) is 6.73. The van der Waals surface area contributed by atoms with Crippen LogP contribution >= 0.6 is 11.6 Å². The van der Waals surface area contributed by atoms with Crippen molar-refractivity contribution >= 4 is 29.3 Å². The van der Waals surface area contributed by atoms with Gasteiger partial charge in [-0.2, -0.15) is 0 Å². The van der Waals surface area contributed by atoms with Crippen LogP contribution in [0.15, 0.2) is 29.1 Å². The number of aliphatic hydroxyl groups excluding tert-OH is 1. The minimum Gasteiger partial charge on any atom is -0.453 e. The maximum atomic E-state index is 12.7. The molecule has 3 rings (SSSR count). The number of hydrogen-bond acceptors (Lipinski definition) is 6. The smallest absolute Gasteiger partial charge is 0.411 e. The number of hydrogen-bond donors (Lipinski definition) is 2. The standard InChI is InChI=1S/C20H23ClN4O5/c1-12-22-17(15-4-3-13(21)9-16(15)23-20(29)30-2)10-18(27)25(12)11-19(28)24-7-5-14(26)6-8-24/h3-4,9-10,14,26H,5-8,11H2,1-2H3,(H,23,29). The van der Waals surface area contributed by atoms with Crippen molar-refractivity contribution in [3.05, 3.63) is 45.5 Å². The van der Waals surface area contributed by atoms with E-state index in [0.29, 0.717) is 53.7 Å². The van der Waals surface area contributed by atoms with E-state index in [4.69, 9.17) is 11.6 Å². The molecule has 30 heavy (non-hydrogen) atoms. The van der Waals surface area contributed by atoms with Crippen molar-refractivity contribution in [1.82, 2.24) is 14.5 Å². The number of ether oxygens (including phenoxy) is 1. The van der Waals surface area contributed by atoms with Crippen LogP contribution in [0.1, 0.15) is 18.7 Å². The minimum absolute atomic E-state index is 0.123. The number of aryl methyl sites for hydroxylation is 1. The van der Waals surface area contributed by atoms with Gasteiger partial charge < -0.3 is 14.7 Å². The summed E-state index contributed by atoms with van der Waals surface area (Å²) in [6.45, 7) is 2.45. The maximum Gasteiger partial charge on any atom is 0.411 e. The number of likely N-dealkylation sites (tertiary alicyclic amines) is 1. The van der Waals surface area contributed by atoms with E-state index in [9.17, 15) is 19.5 Å². The van der Waals surface area contributed by atoms with E-state index >= 15 is 0 Å². The van der Waals surface area contributed by atoms with Crippen molar-refractivity contribution in [2.45, 2.75) is 32.4 Å². The van der Waals surface area contributed by atoms with E-state index in [-0.39, 0.29) is 24.1 Å². The van der Waals surface area contributed by atoms with E-state index < -0.39 is 6.09 Å². The molecule has 1 fully saturated rings. The van der Waals surface area contributed by atoms with Crippen LogP contribution in [-0.2, 0) is 16.1 Å². The quantitative estimate of drug-likeness (QED) is 0.761. The van der Waals surface area contributed by atoms with Gasteiger partial charge in [-0.15, -0.1) is 0 Å². The molecule has 1 aromatic carbocycles. The Bertz CT molecular complexity index is 1010. The Labute approximate surface area is 178 Å². The first-order valence-electron chi connectivity index (χ1n) is 9.47. The number of halogens is 1. The van der Waals surface area contributed by atoms with Gasteiger partial charge in [-0.3, -0.25) is 19.5 Å². The van der Waals surface area contributed by atoms with Crippen molar-refractivity contribution in [2.24, 2.45) is 0 Å². The molecule has 2 N–H and O–H groups in total. The van der Waals surface area contributed by atoms with Gasteiger partial charge in [0.15, 0.2) is 0 Å². The summed E-state index contributed by atoms with van der Waals surface area (Å²) in [6, 6.07) is 6.11. The highest BCUT2D eigenvalue weighted by molar-refractivity contribution is 6.31. The van der Waals surface area contributed by atoms with Crippen molar-refractivity contribution in [2.75, 3.05) is 25.5 Å². The van der Waals surface area contributed by atoms with Crippen LogP contribution in [0, 0.1) is 6.92 Å². The molecule has 0 saturated carbocycles. The normalized spacial score (nSPS) is 14.5. The molecule has 0 spiro atoms. The Morgan fingerprint density at radius 1 is 1.30 bits per heavy atom. The van der Waals surface area contributed by atoms with Gasteiger partial charge in [0.2, 0.25) is 5.91 Å². The molecular formula is C20H23ClN4O5. The highest BCUT2D eigenvalue weighted by Gasteiger charge is 2.22. The number of benzene rings is 1. The molecule has 0 aliphatic carbocycles. The molecule has 0 bridgehead atoms. The Balaban J connectivity index is 1.87. The molecule has 10 heteroatoms. The number of nitrogens with one attached hydrogen (secondary N) is 1. The molecule has 0 radical (unpaired) electrons. The first kappa shape index (κ1) is 21.8. The summed E-state index contributed by atoms with van der Waals surface area (Å²) in [5.41, 5.74) is 0.794. The van der Waals surface area contributed by atoms with Gasteiger partial charge in [0, 0.05) is 29.7 Å². The van der Waals surface area contributed by atoms with Gasteiger partial charge >= 0.3 is 6.09 Å². The van der Waals surface area contributed by atoms with E-state index in [1.165, 1.54) is 23.8 Å². The fourth-order valence-electron chi connectivity index (χ4n) is 3.31. The molecule has 2 heterocycles. The largest absolute Gasteiger partial charge is 0.453 e. The second-order valence-electron chi connectivity index (χ2n) is 7.03. The summed E-state index contributed by atoms with van der Waals surface area (Å²) >= 11 is 6.02. The number of carbonyl (C=O) groups is 2. The van der Waals surface area contributed by atoms with Crippen molar-refractivity contribution in [3.63, 3.8) is 0 Å². The van der Waals surface area contributed by atoms with Crippen LogP contribution < -0.4 is 10.9 Å². The first-order valence-corrected chi connectivity index (χ1v) is 9.85. The lowest BCUT2D eigenvalue weighted by Gasteiger charge is -2.30. The zero-order chi connectivity index (χ0) is 21.8. The molecule has 0 unspecified atom stereocenters. The molecule has 160 valence electrons. The fraction of sp³-hybridized carbons (Fsp3) is 0.400. The van der Waals surface area contributed by atoms with Gasteiger partial charge in [-0.25, -0.2) is 9.78 Å². The maximum absolute atomic E-state index is 12.7. The highest BCUT2D eigenvalue weighted by atomic mass is 35.5. The lowest BCUT2D eigenvalue weighted by molar-refractivity contribution is -0.133. The molecule has 1 aliphatic heterocycles. The Hall–Kier alpha value is -2.91. The predicted octanol–water partition coefficient (Wildman–Crippen LogP) is 2.03. The van der Waals surface area contributed by atoms with Crippen LogP contribution in [0.25, 0.3) is 11.3 Å². The topological polar surface area (TPSA) is 114 Å². The molecule has 2 amide bonds. The molecule has 1 saturated heterocycles. The lowest BCUT2D eigenvalue weighted by atomic mass is 10.1. The monoisotopic (exact) mass is 434 g/mol. The van der Waals surface area contributed by atoms with E-state index in [1.54, 1.807) is 24.0 Å². The second kappa shape index (κ2) is 9.27. The molecule has 1 aliphatic rings. The van der Waals surface area contributed by atoms with Gasteiger partial charge in [0.05, 0.1) is 24.6 Å². The van der Waals surface area contributed by atoms with Gasteiger partial charge in [0.25, 0.3) is 5.56 Å².